The molecule has 0 amide bonds. The fourth-order valence-electron chi connectivity index (χ4n) is 3.77. The monoisotopic (exact) mass is 455 g/mol. The lowest BCUT2D eigenvalue weighted by Crippen LogP contribution is -2.11. The van der Waals surface area contributed by atoms with Crippen LogP contribution in [0.5, 0.6) is 0 Å². The lowest BCUT2D eigenvalue weighted by molar-refractivity contribution is -0.138. The predicted molar refractivity (Wildman–Crippen MR) is 105 cm³/mol. The summed E-state index contributed by atoms with van der Waals surface area (Å²) in [6.07, 6.45) is -4.61. The summed E-state index contributed by atoms with van der Waals surface area (Å²) in [5.74, 6) is -1.24. The maximum absolute atomic E-state index is 13.2. The maximum atomic E-state index is 13.2. The molecule has 2 heterocycles. The van der Waals surface area contributed by atoms with Gasteiger partial charge in [-0.15, -0.1) is 0 Å². The highest BCUT2D eigenvalue weighted by molar-refractivity contribution is 7.95. The second-order valence-corrected chi connectivity index (χ2v) is 9.09. The van der Waals surface area contributed by atoms with E-state index in [2.05, 4.69) is 0 Å². The first-order valence-corrected chi connectivity index (χ1v) is 10.5. The van der Waals surface area contributed by atoms with Gasteiger partial charge in [-0.2, -0.15) is 13.2 Å². The third kappa shape index (κ3) is 3.18. The van der Waals surface area contributed by atoms with Crippen LogP contribution in [0.4, 0.5) is 13.2 Å². The van der Waals surface area contributed by atoms with Crippen molar-refractivity contribution >= 4 is 43.9 Å². The highest BCUT2D eigenvalue weighted by Crippen LogP contribution is 2.44. The highest BCUT2D eigenvalue weighted by Gasteiger charge is 2.34. The fraction of sp³-hybridized carbons (Fsp3) is 0.150. The van der Waals surface area contributed by atoms with Gasteiger partial charge in [0.05, 0.1) is 10.5 Å². The van der Waals surface area contributed by atoms with Crippen LogP contribution in [-0.4, -0.2) is 24.1 Å². The Kier molecular flexibility index (Phi) is 4.52. The first kappa shape index (κ1) is 20.5. The van der Waals surface area contributed by atoms with E-state index < -0.39 is 34.1 Å². The molecule has 4 rings (SSSR count). The normalized spacial score (nSPS) is 15.3. The van der Waals surface area contributed by atoms with Crippen LogP contribution in [0.25, 0.3) is 16.5 Å². The third-order valence-corrected chi connectivity index (χ3v) is 6.78. The first-order valence-electron chi connectivity index (χ1n) is 8.59. The summed E-state index contributed by atoms with van der Waals surface area (Å²) >= 11 is 6.04. The molecule has 0 saturated carbocycles. The molecule has 30 heavy (non-hydrogen) atoms. The Balaban J connectivity index is 2.07. The lowest BCUT2D eigenvalue weighted by Gasteiger charge is -2.08. The van der Waals surface area contributed by atoms with Crippen LogP contribution < -0.4 is 0 Å². The van der Waals surface area contributed by atoms with Gasteiger partial charge in [0.1, 0.15) is 6.54 Å². The van der Waals surface area contributed by atoms with Crippen molar-refractivity contribution in [3.63, 3.8) is 0 Å². The van der Waals surface area contributed by atoms with E-state index >= 15 is 0 Å². The molecular weight excluding hydrogens is 443 g/mol. The van der Waals surface area contributed by atoms with E-state index in [1.165, 1.54) is 28.8 Å². The van der Waals surface area contributed by atoms with E-state index in [4.69, 9.17) is 11.6 Å². The van der Waals surface area contributed by atoms with Crippen LogP contribution in [0.3, 0.4) is 0 Å². The molecule has 0 fully saturated rings. The van der Waals surface area contributed by atoms with Gasteiger partial charge in [0.2, 0.25) is 9.84 Å². The summed E-state index contributed by atoms with van der Waals surface area (Å²) in [5.41, 5.74) is 0.389. The van der Waals surface area contributed by atoms with Gasteiger partial charge in [-0.1, -0.05) is 17.7 Å². The number of halogens is 4. The molecule has 3 aromatic rings. The molecule has 0 radical (unpaired) electrons. The number of rotatable bonds is 3. The summed E-state index contributed by atoms with van der Waals surface area (Å²) in [6.45, 7) is 0.966. The van der Waals surface area contributed by atoms with Crippen molar-refractivity contribution in [3.8, 4) is 0 Å². The van der Waals surface area contributed by atoms with Crippen molar-refractivity contribution in [3.05, 3.63) is 69.2 Å². The van der Waals surface area contributed by atoms with Crippen LogP contribution in [-0.2, 0) is 27.4 Å². The number of sulfone groups is 1. The molecule has 2 aromatic carbocycles. The number of hydrogen-bond acceptors (Lipinski definition) is 3. The third-order valence-electron chi connectivity index (χ3n) is 5.03. The van der Waals surface area contributed by atoms with Gasteiger partial charge in [-0.3, -0.25) is 4.79 Å². The lowest BCUT2D eigenvalue weighted by atomic mass is 9.96. The summed E-state index contributed by atoms with van der Waals surface area (Å²) in [7, 11) is -3.78. The maximum Gasteiger partial charge on any atom is 0.416 e. The minimum atomic E-state index is -4.61. The Bertz CT molecular complexity index is 1370. The molecule has 10 heteroatoms. The van der Waals surface area contributed by atoms with E-state index in [0.29, 0.717) is 27.2 Å². The number of carboxylic acid groups (broad SMARTS) is 1. The van der Waals surface area contributed by atoms with Gasteiger partial charge in [0.15, 0.2) is 0 Å². The number of alkyl halides is 3. The van der Waals surface area contributed by atoms with E-state index in [1.807, 2.05) is 0 Å². The Morgan fingerprint density at radius 1 is 1.17 bits per heavy atom. The Morgan fingerprint density at radius 3 is 2.50 bits per heavy atom. The van der Waals surface area contributed by atoms with Gasteiger partial charge in [-0.25, -0.2) is 8.42 Å². The van der Waals surface area contributed by atoms with E-state index in [9.17, 15) is 31.5 Å². The molecule has 5 nitrogen and oxygen atoms in total. The Labute approximate surface area is 173 Å². The van der Waals surface area contributed by atoms with Crippen LogP contribution >= 0.6 is 11.6 Å². The average molecular weight is 456 g/mol. The van der Waals surface area contributed by atoms with Gasteiger partial charge in [0, 0.05) is 43.7 Å². The summed E-state index contributed by atoms with van der Waals surface area (Å²) < 4.78 is 66.1. The zero-order valence-corrected chi connectivity index (χ0v) is 16.9. The van der Waals surface area contributed by atoms with Crippen molar-refractivity contribution in [2.24, 2.45) is 0 Å². The van der Waals surface area contributed by atoms with Crippen LogP contribution in [0, 0.1) is 6.92 Å². The number of hydrogen-bond donors (Lipinski definition) is 1. The minimum absolute atomic E-state index is 0.0346. The van der Waals surface area contributed by atoms with Gasteiger partial charge in [-0.05, 0) is 37.3 Å². The molecule has 1 aromatic heterocycles. The number of aliphatic carboxylic acids is 1. The molecule has 0 bridgehead atoms. The number of fused-ring (bicyclic) bond motifs is 2. The molecule has 0 saturated heterocycles. The summed E-state index contributed by atoms with van der Waals surface area (Å²) in [6, 6.07) is 7.26. The molecule has 0 unspecified atom stereocenters. The van der Waals surface area contributed by atoms with E-state index in [0.717, 1.165) is 17.5 Å². The standard InChI is InChI=1S/C20H13ClF3NO4S/c1-10-19(15-9-30(28,29)17-5-3-12(21)7-14(15)17)13-4-2-11(20(22,23)24)6-16(13)25(10)8-18(26)27/h2-7,9H,8H2,1H3,(H,26,27). The number of benzene rings is 2. The van der Waals surface area contributed by atoms with Crippen molar-refractivity contribution in [2.75, 3.05) is 0 Å². The van der Waals surface area contributed by atoms with Gasteiger partial charge >= 0.3 is 12.1 Å². The average Bonchev–Trinajstić information content (AvgIpc) is 3.04. The molecule has 156 valence electrons. The molecule has 0 aliphatic carbocycles. The zero-order valence-electron chi connectivity index (χ0n) is 15.3. The highest BCUT2D eigenvalue weighted by atomic mass is 35.5. The number of nitrogens with zero attached hydrogens (tertiary/aromatic N) is 1. The predicted octanol–water partition coefficient (Wildman–Crippen LogP) is 4.88. The minimum Gasteiger partial charge on any atom is -0.480 e. The molecule has 1 aliphatic rings. The topological polar surface area (TPSA) is 76.4 Å². The van der Waals surface area contributed by atoms with Gasteiger partial charge in [0.25, 0.3) is 0 Å². The zero-order chi connectivity index (χ0) is 22.0. The quantitative estimate of drug-likeness (QED) is 0.610. The first-order chi connectivity index (χ1) is 13.9. The molecule has 0 spiro atoms. The number of carbonyl (C=O) groups is 1. The van der Waals surface area contributed by atoms with Gasteiger partial charge < -0.3 is 9.67 Å². The van der Waals surface area contributed by atoms with Crippen LogP contribution in [0.15, 0.2) is 46.7 Å². The van der Waals surface area contributed by atoms with E-state index in [-0.39, 0.29) is 16.0 Å². The Hall–Kier alpha value is -2.78. The fourth-order valence-corrected chi connectivity index (χ4v) is 5.36. The van der Waals surface area contributed by atoms with E-state index in [1.54, 1.807) is 6.92 Å². The molecular formula is C20H13ClF3NO4S. The van der Waals surface area contributed by atoms with Crippen molar-refractivity contribution in [1.82, 2.24) is 4.57 Å². The second kappa shape index (κ2) is 6.61. The second-order valence-electron chi connectivity index (χ2n) is 6.89. The SMILES string of the molecule is Cc1c(C2=CS(=O)(=O)c3ccc(Cl)cc32)c2ccc(C(F)(F)F)cc2n1CC(=O)O. The molecule has 1 N–H and O–H groups in total. The summed E-state index contributed by atoms with van der Waals surface area (Å²) in [5, 5.41) is 10.9. The largest absolute Gasteiger partial charge is 0.480 e. The summed E-state index contributed by atoms with van der Waals surface area (Å²) in [4.78, 5) is 11.4. The smallest absolute Gasteiger partial charge is 0.416 e. The van der Waals surface area contributed by atoms with Crippen molar-refractivity contribution in [1.29, 1.82) is 0 Å². The van der Waals surface area contributed by atoms with Crippen LogP contribution in [0.2, 0.25) is 5.02 Å². The Morgan fingerprint density at radius 2 is 1.87 bits per heavy atom. The number of carboxylic acids is 1. The van der Waals surface area contributed by atoms with Crippen molar-refractivity contribution < 1.29 is 31.5 Å². The molecule has 0 atom stereocenters. The number of aromatic nitrogens is 1. The van der Waals surface area contributed by atoms with Crippen molar-refractivity contribution in [2.45, 2.75) is 24.5 Å². The van der Waals surface area contributed by atoms with Crippen LogP contribution in [0.1, 0.15) is 22.4 Å². The molecule has 1 aliphatic heterocycles.